The van der Waals surface area contributed by atoms with Crippen molar-refractivity contribution in [3.63, 3.8) is 0 Å². The molecule has 3 aromatic rings. The summed E-state index contributed by atoms with van der Waals surface area (Å²) in [6, 6.07) is 21.8. The topological polar surface area (TPSA) is 86.8 Å². The number of carbonyl (C=O) groups excluding carboxylic acids is 2. The van der Waals surface area contributed by atoms with E-state index in [0.717, 1.165) is 17.4 Å². The summed E-state index contributed by atoms with van der Waals surface area (Å²) in [5, 5.41) is 2.81. The fraction of sp³-hybridized carbons (Fsp3) is 0.333. The van der Waals surface area contributed by atoms with E-state index in [9.17, 15) is 22.4 Å². The number of amides is 2. The van der Waals surface area contributed by atoms with Crippen molar-refractivity contribution in [2.45, 2.75) is 45.7 Å². The van der Waals surface area contributed by atoms with E-state index in [1.807, 2.05) is 49.4 Å². The van der Waals surface area contributed by atoms with Gasteiger partial charge in [0.1, 0.15) is 11.9 Å². The summed E-state index contributed by atoms with van der Waals surface area (Å²) >= 11 is 0. The van der Waals surface area contributed by atoms with E-state index in [0.29, 0.717) is 17.8 Å². The van der Waals surface area contributed by atoms with Gasteiger partial charge in [0, 0.05) is 38.0 Å². The van der Waals surface area contributed by atoms with Gasteiger partial charge in [-0.05, 0) is 44.0 Å². The van der Waals surface area contributed by atoms with Gasteiger partial charge >= 0.3 is 0 Å². The summed E-state index contributed by atoms with van der Waals surface area (Å²) in [6.45, 7) is 4.09. The molecule has 3 rings (SSSR count). The number of nitrogens with zero attached hydrogens (tertiary/aromatic N) is 2. The Bertz CT molecular complexity index is 1350. The molecule has 39 heavy (non-hydrogen) atoms. The third-order valence-electron chi connectivity index (χ3n) is 6.39. The maximum Gasteiger partial charge on any atom is 0.243 e. The Morgan fingerprint density at radius 3 is 2.21 bits per heavy atom. The molecule has 0 radical (unpaired) electrons. The number of rotatable bonds is 13. The number of benzene rings is 3. The molecule has 0 heterocycles. The molecule has 208 valence electrons. The molecule has 7 nitrogen and oxygen atoms in total. The van der Waals surface area contributed by atoms with E-state index < -0.39 is 21.9 Å². The number of nitrogens with one attached hydrogen (secondary N) is 1. The van der Waals surface area contributed by atoms with Crippen molar-refractivity contribution < 1.29 is 22.4 Å². The van der Waals surface area contributed by atoms with Crippen LogP contribution in [0.5, 0.6) is 0 Å². The summed E-state index contributed by atoms with van der Waals surface area (Å²) in [7, 11) is -3.59. The fourth-order valence-electron chi connectivity index (χ4n) is 4.37. The van der Waals surface area contributed by atoms with E-state index in [-0.39, 0.29) is 44.2 Å². The van der Waals surface area contributed by atoms with Crippen LogP contribution in [0.2, 0.25) is 0 Å². The quantitative estimate of drug-likeness (QED) is 0.339. The van der Waals surface area contributed by atoms with Gasteiger partial charge in [-0.1, -0.05) is 66.2 Å². The minimum absolute atomic E-state index is 0.0168. The monoisotopic (exact) mass is 553 g/mol. The number of likely N-dealkylation sites (N-methyl/N-ethyl adjacent to an activating group) is 1. The van der Waals surface area contributed by atoms with Gasteiger partial charge in [-0.2, -0.15) is 0 Å². The van der Waals surface area contributed by atoms with Gasteiger partial charge in [0.15, 0.2) is 0 Å². The number of carbonyl (C=O) groups is 2. The molecule has 3 aromatic carbocycles. The average molecular weight is 554 g/mol. The first-order chi connectivity index (χ1) is 18.6. The Morgan fingerprint density at radius 2 is 1.59 bits per heavy atom. The zero-order valence-electron chi connectivity index (χ0n) is 22.6. The van der Waals surface area contributed by atoms with E-state index in [2.05, 4.69) is 5.32 Å². The molecular formula is C30H36FN3O4S. The van der Waals surface area contributed by atoms with Crippen LogP contribution in [0.4, 0.5) is 10.1 Å². The molecule has 2 amide bonds. The highest BCUT2D eigenvalue weighted by molar-refractivity contribution is 7.92. The number of sulfonamides is 1. The highest BCUT2D eigenvalue weighted by Gasteiger charge is 2.30. The van der Waals surface area contributed by atoms with Gasteiger partial charge in [0.05, 0.1) is 11.9 Å². The molecule has 0 aromatic heterocycles. The van der Waals surface area contributed by atoms with Crippen LogP contribution in [-0.4, -0.2) is 50.5 Å². The van der Waals surface area contributed by atoms with Gasteiger partial charge in [-0.3, -0.25) is 13.9 Å². The third kappa shape index (κ3) is 8.64. The van der Waals surface area contributed by atoms with Crippen LogP contribution in [0.15, 0.2) is 78.9 Å². The molecule has 0 spiro atoms. The number of halogens is 1. The van der Waals surface area contributed by atoms with Crippen molar-refractivity contribution in [2.75, 3.05) is 23.7 Å². The van der Waals surface area contributed by atoms with Crippen molar-refractivity contribution in [2.24, 2.45) is 0 Å². The molecule has 0 aliphatic heterocycles. The molecule has 0 unspecified atom stereocenters. The molecular weight excluding hydrogens is 517 g/mol. The molecule has 1 atom stereocenters. The van der Waals surface area contributed by atoms with Gasteiger partial charge in [0.25, 0.3) is 0 Å². The second-order valence-electron chi connectivity index (χ2n) is 9.49. The maximum absolute atomic E-state index is 14.6. The first-order valence-corrected chi connectivity index (χ1v) is 14.8. The fourth-order valence-corrected chi connectivity index (χ4v) is 5.34. The Kier molecular flexibility index (Phi) is 10.6. The van der Waals surface area contributed by atoms with Crippen LogP contribution in [0.25, 0.3) is 0 Å². The number of anilines is 1. The first-order valence-electron chi connectivity index (χ1n) is 13.0. The van der Waals surface area contributed by atoms with Gasteiger partial charge in [0.2, 0.25) is 21.8 Å². The van der Waals surface area contributed by atoms with Crippen molar-refractivity contribution >= 4 is 27.5 Å². The molecule has 0 bridgehead atoms. The van der Waals surface area contributed by atoms with Crippen molar-refractivity contribution in [3.05, 3.63) is 101 Å². The number of hydrogen-bond donors (Lipinski definition) is 1. The highest BCUT2D eigenvalue weighted by atomic mass is 32.2. The van der Waals surface area contributed by atoms with Crippen molar-refractivity contribution in [3.8, 4) is 0 Å². The van der Waals surface area contributed by atoms with Gasteiger partial charge in [-0.25, -0.2) is 12.8 Å². The molecule has 1 N–H and O–H groups in total. The van der Waals surface area contributed by atoms with Crippen LogP contribution >= 0.6 is 0 Å². The Labute approximate surface area is 230 Å². The average Bonchev–Trinajstić information content (AvgIpc) is 2.90. The summed E-state index contributed by atoms with van der Waals surface area (Å²) in [5.41, 5.74) is 2.68. The second-order valence-corrected chi connectivity index (χ2v) is 11.4. The lowest BCUT2D eigenvalue weighted by Gasteiger charge is -2.32. The second kappa shape index (κ2) is 13.9. The Morgan fingerprint density at radius 1 is 0.949 bits per heavy atom. The van der Waals surface area contributed by atoms with Crippen molar-refractivity contribution in [1.29, 1.82) is 0 Å². The van der Waals surface area contributed by atoms with Gasteiger partial charge in [-0.15, -0.1) is 0 Å². The smallest absolute Gasteiger partial charge is 0.243 e. The molecule has 0 saturated heterocycles. The molecule has 0 aliphatic carbocycles. The zero-order chi connectivity index (χ0) is 28.4. The summed E-state index contributed by atoms with van der Waals surface area (Å²) in [4.78, 5) is 28.3. The predicted molar refractivity (Wildman–Crippen MR) is 152 cm³/mol. The lowest BCUT2D eigenvalue weighted by molar-refractivity contribution is -0.141. The lowest BCUT2D eigenvalue weighted by atomic mass is 10.0. The lowest BCUT2D eigenvalue weighted by Crippen LogP contribution is -2.50. The molecule has 0 saturated carbocycles. The molecule has 0 aliphatic rings. The molecule has 9 heteroatoms. The predicted octanol–water partition coefficient (Wildman–Crippen LogP) is 4.46. The number of aryl methyl sites for hydroxylation is 1. The summed E-state index contributed by atoms with van der Waals surface area (Å²) < 4.78 is 40.9. The maximum atomic E-state index is 14.6. The SMILES string of the molecule is CCNC(=O)[C@H](Cc1ccccc1)N(Cc1ccccc1F)C(=O)CCCN(c1ccc(C)cc1)S(C)(=O)=O. The standard InChI is InChI=1S/C30H36FN3O4S/c1-4-32-30(36)28(21-24-11-6-5-7-12-24)33(22-25-13-8-9-14-27(25)31)29(35)15-10-20-34(39(3,37)38)26-18-16-23(2)17-19-26/h5-9,11-14,16-19,28H,4,10,15,20-22H2,1-3H3,(H,32,36)/t28-/m0/s1. The normalized spacial score (nSPS) is 12.0. The largest absolute Gasteiger partial charge is 0.355 e. The van der Waals surface area contributed by atoms with E-state index in [1.165, 1.54) is 15.3 Å². The number of hydrogen-bond acceptors (Lipinski definition) is 4. The minimum Gasteiger partial charge on any atom is -0.355 e. The van der Waals surface area contributed by atoms with Gasteiger partial charge < -0.3 is 10.2 Å². The van der Waals surface area contributed by atoms with Crippen LogP contribution in [-0.2, 0) is 32.6 Å². The highest BCUT2D eigenvalue weighted by Crippen LogP contribution is 2.21. The van der Waals surface area contributed by atoms with Crippen molar-refractivity contribution in [1.82, 2.24) is 10.2 Å². The summed E-state index contributed by atoms with van der Waals surface area (Å²) in [6.07, 6.45) is 1.59. The van der Waals surface area contributed by atoms with Crippen LogP contribution < -0.4 is 9.62 Å². The summed E-state index contributed by atoms with van der Waals surface area (Å²) in [5.74, 6) is -1.15. The first kappa shape index (κ1) is 29.8. The third-order valence-corrected chi connectivity index (χ3v) is 7.59. The zero-order valence-corrected chi connectivity index (χ0v) is 23.5. The Hall–Kier alpha value is -3.72. The van der Waals surface area contributed by atoms with Crippen LogP contribution in [0, 0.1) is 12.7 Å². The van der Waals surface area contributed by atoms with E-state index >= 15 is 0 Å². The van der Waals surface area contributed by atoms with E-state index in [1.54, 1.807) is 37.3 Å². The van der Waals surface area contributed by atoms with E-state index in [4.69, 9.17) is 0 Å². The minimum atomic E-state index is -3.59. The Balaban J connectivity index is 1.86. The van der Waals surface area contributed by atoms with Crippen LogP contribution in [0.3, 0.4) is 0 Å². The molecule has 0 fully saturated rings. The van der Waals surface area contributed by atoms with Crippen LogP contribution in [0.1, 0.15) is 36.5 Å².